The molecule has 2 aromatic rings. The van der Waals surface area contributed by atoms with Crippen molar-refractivity contribution in [3.63, 3.8) is 0 Å². The molecule has 6 heteroatoms. The minimum atomic E-state index is 0.514. The van der Waals surface area contributed by atoms with Crippen molar-refractivity contribution in [2.75, 3.05) is 6.54 Å². The van der Waals surface area contributed by atoms with Gasteiger partial charge in [0.1, 0.15) is 0 Å². The van der Waals surface area contributed by atoms with Crippen LogP contribution >= 0.6 is 11.6 Å². The molecule has 0 saturated heterocycles. The van der Waals surface area contributed by atoms with E-state index in [-0.39, 0.29) is 0 Å². The molecule has 0 aliphatic carbocycles. The highest BCUT2D eigenvalue weighted by molar-refractivity contribution is 6.31. The molecule has 1 N–H and O–H groups in total. The molecule has 2 heterocycles. The molecule has 0 radical (unpaired) electrons. The number of pyridine rings is 1. The number of nitrogens with zero attached hydrogens (tertiary/aromatic N) is 3. The summed E-state index contributed by atoms with van der Waals surface area (Å²) in [5, 5.41) is 8.05. The zero-order valence-electron chi connectivity index (χ0n) is 11.3. The lowest BCUT2D eigenvalue weighted by Crippen LogP contribution is -2.13. The first kappa shape index (κ1) is 13.8. The van der Waals surface area contributed by atoms with E-state index < -0.39 is 0 Å². The van der Waals surface area contributed by atoms with Crippen LogP contribution < -0.4 is 10.1 Å². The average Bonchev–Trinajstić information content (AvgIpc) is 2.68. The zero-order valence-corrected chi connectivity index (χ0v) is 12.0. The van der Waals surface area contributed by atoms with E-state index in [1.807, 2.05) is 27.0 Å². The van der Waals surface area contributed by atoms with Gasteiger partial charge in [-0.1, -0.05) is 18.5 Å². The Morgan fingerprint density at radius 3 is 2.84 bits per heavy atom. The SMILES string of the molecule is CCNCc1nc(Oc2cc(C)nn2C)ccc1Cl. The van der Waals surface area contributed by atoms with Gasteiger partial charge in [0.15, 0.2) is 0 Å². The highest BCUT2D eigenvalue weighted by Crippen LogP contribution is 2.23. The molecule has 0 fully saturated rings. The number of hydrogen-bond acceptors (Lipinski definition) is 4. The van der Waals surface area contributed by atoms with Crippen LogP contribution in [0.1, 0.15) is 18.3 Å². The molecule has 0 spiro atoms. The predicted octanol–water partition coefficient (Wildman–Crippen LogP) is 2.68. The Balaban J connectivity index is 2.18. The fraction of sp³-hybridized carbons (Fsp3) is 0.385. The van der Waals surface area contributed by atoms with Crippen molar-refractivity contribution in [3.8, 4) is 11.8 Å². The third kappa shape index (κ3) is 3.45. The summed E-state index contributed by atoms with van der Waals surface area (Å²) in [4.78, 5) is 4.40. The largest absolute Gasteiger partial charge is 0.421 e. The lowest BCUT2D eigenvalue weighted by molar-refractivity contribution is 0.413. The molecule has 2 rings (SSSR count). The van der Waals surface area contributed by atoms with Gasteiger partial charge in [0.25, 0.3) is 0 Å². The van der Waals surface area contributed by atoms with Crippen molar-refractivity contribution in [2.24, 2.45) is 7.05 Å². The van der Waals surface area contributed by atoms with E-state index in [2.05, 4.69) is 15.4 Å². The lowest BCUT2D eigenvalue weighted by atomic mass is 10.3. The van der Waals surface area contributed by atoms with E-state index in [1.54, 1.807) is 16.8 Å². The van der Waals surface area contributed by atoms with Crippen LogP contribution in [0.2, 0.25) is 5.02 Å². The minimum absolute atomic E-state index is 0.514. The topological polar surface area (TPSA) is 52.0 Å². The Labute approximate surface area is 117 Å². The van der Waals surface area contributed by atoms with Gasteiger partial charge < -0.3 is 10.1 Å². The van der Waals surface area contributed by atoms with Gasteiger partial charge in [0, 0.05) is 25.7 Å². The summed E-state index contributed by atoms with van der Waals surface area (Å²) in [6, 6.07) is 5.40. The molecule has 0 unspecified atom stereocenters. The standard InChI is InChI=1S/C13H17ClN4O/c1-4-15-8-11-10(14)5-6-12(16-11)19-13-7-9(2)17-18(13)3/h5-7,15H,4,8H2,1-3H3. The van der Waals surface area contributed by atoms with Gasteiger partial charge in [-0.3, -0.25) is 0 Å². The van der Waals surface area contributed by atoms with Crippen LogP contribution in [0, 0.1) is 6.92 Å². The van der Waals surface area contributed by atoms with Crippen LogP contribution in [0.5, 0.6) is 11.8 Å². The van der Waals surface area contributed by atoms with Gasteiger partial charge >= 0.3 is 0 Å². The quantitative estimate of drug-likeness (QED) is 0.915. The number of aromatic nitrogens is 3. The van der Waals surface area contributed by atoms with Crippen LogP contribution in [-0.4, -0.2) is 21.3 Å². The van der Waals surface area contributed by atoms with Gasteiger partial charge in [0.05, 0.1) is 16.4 Å². The molecular formula is C13H17ClN4O. The van der Waals surface area contributed by atoms with Crippen molar-refractivity contribution in [1.29, 1.82) is 0 Å². The highest BCUT2D eigenvalue weighted by Gasteiger charge is 2.08. The molecule has 2 aromatic heterocycles. The van der Waals surface area contributed by atoms with Crippen LogP contribution in [0.25, 0.3) is 0 Å². The molecule has 0 saturated carbocycles. The second kappa shape index (κ2) is 6.04. The van der Waals surface area contributed by atoms with Gasteiger partial charge in [0.2, 0.25) is 11.8 Å². The summed E-state index contributed by atoms with van der Waals surface area (Å²) in [5.74, 6) is 1.17. The van der Waals surface area contributed by atoms with Crippen molar-refractivity contribution in [3.05, 3.63) is 34.6 Å². The summed E-state index contributed by atoms with van der Waals surface area (Å²) in [6.07, 6.45) is 0. The number of aryl methyl sites for hydroxylation is 2. The van der Waals surface area contributed by atoms with E-state index >= 15 is 0 Å². The summed E-state index contributed by atoms with van der Waals surface area (Å²) in [7, 11) is 1.83. The normalized spacial score (nSPS) is 10.7. The lowest BCUT2D eigenvalue weighted by Gasteiger charge is -2.08. The Kier molecular flexibility index (Phi) is 4.39. The van der Waals surface area contributed by atoms with Gasteiger partial charge in [-0.15, -0.1) is 0 Å². The van der Waals surface area contributed by atoms with Crippen LogP contribution in [0.3, 0.4) is 0 Å². The molecule has 0 aliphatic rings. The minimum Gasteiger partial charge on any atom is -0.421 e. The first-order chi connectivity index (χ1) is 9.10. The molecular weight excluding hydrogens is 264 g/mol. The summed E-state index contributed by atoms with van der Waals surface area (Å²) >= 11 is 6.09. The number of rotatable bonds is 5. The van der Waals surface area contributed by atoms with E-state index in [0.29, 0.717) is 23.3 Å². The molecule has 0 bridgehead atoms. The predicted molar refractivity (Wildman–Crippen MR) is 74.6 cm³/mol. The Hall–Kier alpha value is -1.59. The Morgan fingerprint density at radius 1 is 1.42 bits per heavy atom. The monoisotopic (exact) mass is 280 g/mol. The van der Waals surface area contributed by atoms with Crippen molar-refractivity contribution >= 4 is 11.6 Å². The van der Waals surface area contributed by atoms with E-state index in [9.17, 15) is 0 Å². The van der Waals surface area contributed by atoms with Crippen LogP contribution in [0.15, 0.2) is 18.2 Å². The average molecular weight is 281 g/mol. The highest BCUT2D eigenvalue weighted by atomic mass is 35.5. The van der Waals surface area contributed by atoms with Crippen molar-refractivity contribution in [2.45, 2.75) is 20.4 Å². The van der Waals surface area contributed by atoms with Crippen molar-refractivity contribution < 1.29 is 4.74 Å². The fourth-order valence-corrected chi connectivity index (χ4v) is 1.85. The maximum absolute atomic E-state index is 6.09. The second-order valence-electron chi connectivity index (χ2n) is 4.21. The summed E-state index contributed by atoms with van der Waals surface area (Å²) < 4.78 is 7.38. The fourth-order valence-electron chi connectivity index (χ4n) is 1.68. The number of nitrogens with one attached hydrogen (secondary N) is 1. The number of hydrogen-bond donors (Lipinski definition) is 1. The number of halogens is 1. The zero-order chi connectivity index (χ0) is 13.8. The van der Waals surface area contributed by atoms with Gasteiger partial charge in [-0.25, -0.2) is 9.67 Å². The molecule has 0 aromatic carbocycles. The first-order valence-electron chi connectivity index (χ1n) is 6.14. The van der Waals surface area contributed by atoms with Gasteiger partial charge in [-0.2, -0.15) is 5.10 Å². The third-order valence-corrected chi connectivity index (χ3v) is 2.95. The molecule has 5 nitrogen and oxygen atoms in total. The molecule has 0 aliphatic heterocycles. The van der Waals surface area contributed by atoms with E-state index in [4.69, 9.17) is 16.3 Å². The third-order valence-electron chi connectivity index (χ3n) is 2.60. The number of ether oxygens (including phenoxy) is 1. The summed E-state index contributed by atoms with van der Waals surface area (Å²) in [6.45, 7) is 5.44. The van der Waals surface area contributed by atoms with Crippen LogP contribution in [0.4, 0.5) is 0 Å². The first-order valence-corrected chi connectivity index (χ1v) is 6.52. The smallest absolute Gasteiger partial charge is 0.221 e. The summed E-state index contributed by atoms with van der Waals surface area (Å²) in [5.41, 5.74) is 1.68. The van der Waals surface area contributed by atoms with Gasteiger partial charge in [-0.05, 0) is 19.5 Å². The van der Waals surface area contributed by atoms with Crippen LogP contribution in [-0.2, 0) is 13.6 Å². The molecule has 19 heavy (non-hydrogen) atoms. The Bertz CT molecular complexity index is 568. The molecule has 0 atom stereocenters. The maximum Gasteiger partial charge on any atom is 0.221 e. The van der Waals surface area contributed by atoms with E-state index in [0.717, 1.165) is 17.9 Å². The molecule has 0 amide bonds. The molecule has 102 valence electrons. The maximum atomic E-state index is 6.09. The van der Waals surface area contributed by atoms with E-state index in [1.165, 1.54) is 0 Å². The van der Waals surface area contributed by atoms with Crippen molar-refractivity contribution in [1.82, 2.24) is 20.1 Å². The Morgan fingerprint density at radius 2 is 2.21 bits per heavy atom. The second-order valence-corrected chi connectivity index (χ2v) is 4.62.